The molecule has 3 N–H and O–H groups in total. The van der Waals surface area contributed by atoms with E-state index in [1.807, 2.05) is 32.0 Å². The van der Waals surface area contributed by atoms with Gasteiger partial charge >= 0.3 is 5.97 Å². The summed E-state index contributed by atoms with van der Waals surface area (Å²) in [5, 5.41) is 16.3. The molecule has 1 saturated carbocycles. The largest absolute Gasteiger partial charge is 0.481 e. The van der Waals surface area contributed by atoms with Crippen molar-refractivity contribution in [3.63, 3.8) is 0 Å². The van der Waals surface area contributed by atoms with Gasteiger partial charge in [0.05, 0.1) is 13.0 Å². The first-order valence-electron chi connectivity index (χ1n) is 17.6. The summed E-state index contributed by atoms with van der Waals surface area (Å²) in [7, 11) is 0. The van der Waals surface area contributed by atoms with E-state index in [0.717, 1.165) is 50.5 Å². The Kier molecular flexibility index (Phi) is 14.8. The highest BCUT2D eigenvalue weighted by Gasteiger charge is 2.47. The Labute approximate surface area is 271 Å². The van der Waals surface area contributed by atoms with Gasteiger partial charge in [0.15, 0.2) is 5.79 Å². The molecule has 1 heterocycles. The average molecular weight is 629 g/mol. The number of amides is 2. The molecule has 8 heteroatoms. The minimum absolute atomic E-state index is 0.0368. The summed E-state index contributed by atoms with van der Waals surface area (Å²) < 4.78 is 11.8. The molecule has 1 aromatic carbocycles. The van der Waals surface area contributed by atoms with Crippen LogP contribution >= 0.6 is 0 Å². The van der Waals surface area contributed by atoms with Crippen LogP contribution in [-0.4, -0.2) is 53.5 Å². The quantitative estimate of drug-likeness (QED) is 0.148. The van der Waals surface area contributed by atoms with Crippen molar-refractivity contribution in [2.24, 2.45) is 17.3 Å². The number of carboxylic acids is 1. The molecule has 0 radical (unpaired) electrons. The fraction of sp³-hybridized carbons (Fsp3) is 0.757. The maximum absolute atomic E-state index is 13.9. The Morgan fingerprint density at radius 2 is 1.58 bits per heavy atom. The topological polar surface area (TPSA) is 114 Å². The van der Waals surface area contributed by atoms with E-state index in [-0.39, 0.29) is 36.1 Å². The van der Waals surface area contributed by atoms with Crippen molar-refractivity contribution in [1.29, 1.82) is 0 Å². The number of nitrogens with one attached hydrogen (secondary N) is 2. The Hall–Kier alpha value is -2.45. The SMILES string of the molecule is CCCCCCCCCCC(Cc1ccccc1)C(=O)NC1CCCCC1C(CC(=O)O)NC(=O)C1OC(C)(C)OCC1(C)C. The van der Waals surface area contributed by atoms with Gasteiger partial charge in [0.25, 0.3) is 0 Å². The third-order valence-electron chi connectivity index (χ3n) is 9.63. The van der Waals surface area contributed by atoms with Gasteiger partial charge in [-0.25, -0.2) is 0 Å². The van der Waals surface area contributed by atoms with E-state index in [9.17, 15) is 19.5 Å². The molecule has 1 aromatic rings. The van der Waals surface area contributed by atoms with Crippen molar-refractivity contribution in [2.75, 3.05) is 6.61 Å². The fourth-order valence-electron chi connectivity index (χ4n) is 6.95. The summed E-state index contributed by atoms with van der Waals surface area (Å²) in [5.41, 5.74) is 0.573. The van der Waals surface area contributed by atoms with Gasteiger partial charge in [-0.1, -0.05) is 115 Å². The molecule has 3 rings (SSSR count). The van der Waals surface area contributed by atoms with Crippen molar-refractivity contribution < 1.29 is 29.0 Å². The minimum atomic E-state index is -0.972. The maximum Gasteiger partial charge on any atom is 0.305 e. The van der Waals surface area contributed by atoms with Crippen LogP contribution in [-0.2, 0) is 30.3 Å². The highest BCUT2D eigenvalue weighted by Crippen LogP contribution is 2.36. The molecule has 1 saturated heterocycles. The number of benzene rings is 1. The van der Waals surface area contributed by atoms with Crippen molar-refractivity contribution in [3.8, 4) is 0 Å². The van der Waals surface area contributed by atoms with Crippen molar-refractivity contribution in [3.05, 3.63) is 35.9 Å². The molecule has 0 spiro atoms. The van der Waals surface area contributed by atoms with Crippen LogP contribution in [0.1, 0.15) is 130 Å². The van der Waals surface area contributed by atoms with Crippen LogP contribution < -0.4 is 10.6 Å². The van der Waals surface area contributed by atoms with E-state index in [0.29, 0.717) is 13.0 Å². The molecule has 254 valence electrons. The second kappa shape index (κ2) is 18.0. The Bertz CT molecular complexity index is 1060. The molecule has 2 amide bonds. The molecule has 0 bridgehead atoms. The molecule has 1 aliphatic carbocycles. The summed E-state index contributed by atoms with van der Waals surface area (Å²) in [5.74, 6) is -2.51. The number of carbonyl (C=O) groups excluding carboxylic acids is 2. The van der Waals surface area contributed by atoms with Gasteiger partial charge in [0, 0.05) is 23.4 Å². The van der Waals surface area contributed by atoms with Crippen LogP contribution in [0.2, 0.25) is 0 Å². The molecular formula is C37H60N2O6. The number of unbranched alkanes of at least 4 members (excludes halogenated alkanes) is 7. The highest BCUT2D eigenvalue weighted by atomic mass is 16.7. The third-order valence-corrected chi connectivity index (χ3v) is 9.63. The first-order valence-corrected chi connectivity index (χ1v) is 17.6. The molecule has 45 heavy (non-hydrogen) atoms. The molecule has 2 fully saturated rings. The van der Waals surface area contributed by atoms with Gasteiger partial charge in [-0.2, -0.15) is 0 Å². The molecule has 8 nitrogen and oxygen atoms in total. The second-order valence-corrected chi connectivity index (χ2v) is 14.6. The van der Waals surface area contributed by atoms with Crippen LogP contribution in [0.25, 0.3) is 0 Å². The van der Waals surface area contributed by atoms with Crippen LogP contribution in [0.3, 0.4) is 0 Å². The summed E-state index contributed by atoms with van der Waals surface area (Å²) in [6.45, 7) is 9.99. The van der Waals surface area contributed by atoms with E-state index >= 15 is 0 Å². The molecular weight excluding hydrogens is 568 g/mol. The van der Waals surface area contributed by atoms with Gasteiger partial charge < -0.3 is 25.2 Å². The summed E-state index contributed by atoms with van der Waals surface area (Å²) in [4.78, 5) is 39.6. The van der Waals surface area contributed by atoms with Gasteiger partial charge in [-0.3, -0.25) is 14.4 Å². The lowest BCUT2D eigenvalue weighted by Crippen LogP contribution is -2.60. The lowest BCUT2D eigenvalue weighted by molar-refractivity contribution is -0.304. The standard InChI is InChI=1S/C37H60N2O6/c1-6-7-8-9-10-11-12-16-21-28(24-27-19-14-13-15-20-27)34(42)38-30-23-18-17-22-29(30)31(25-32(40)41)39-35(43)33-36(2,3)26-44-37(4,5)45-33/h13-15,19-20,28-31,33H,6-12,16-18,21-26H2,1-5H3,(H,38,42)(H,39,43)(H,40,41). The average Bonchev–Trinajstić information content (AvgIpc) is 2.99. The van der Waals surface area contributed by atoms with Crippen LogP contribution in [0, 0.1) is 17.3 Å². The fourth-order valence-corrected chi connectivity index (χ4v) is 6.95. The van der Waals surface area contributed by atoms with E-state index in [2.05, 4.69) is 29.7 Å². The predicted molar refractivity (Wildman–Crippen MR) is 178 cm³/mol. The van der Waals surface area contributed by atoms with Gasteiger partial charge in [0.2, 0.25) is 11.8 Å². The lowest BCUT2D eigenvalue weighted by atomic mass is 9.77. The van der Waals surface area contributed by atoms with Crippen LogP contribution in [0.15, 0.2) is 30.3 Å². The summed E-state index contributed by atoms with van der Waals surface area (Å²) in [6, 6.07) is 9.37. The van der Waals surface area contributed by atoms with Gasteiger partial charge in [0.1, 0.15) is 6.10 Å². The number of hydrogen-bond acceptors (Lipinski definition) is 5. The smallest absolute Gasteiger partial charge is 0.305 e. The van der Waals surface area contributed by atoms with Crippen molar-refractivity contribution >= 4 is 17.8 Å². The van der Waals surface area contributed by atoms with Crippen molar-refractivity contribution in [2.45, 2.75) is 155 Å². The zero-order valence-electron chi connectivity index (χ0n) is 28.6. The van der Waals surface area contributed by atoms with E-state index in [1.54, 1.807) is 13.8 Å². The van der Waals surface area contributed by atoms with Crippen LogP contribution in [0.5, 0.6) is 0 Å². The zero-order chi connectivity index (χ0) is 32.9. The molecule has 0 aromatic heterocycles. The zero-order valence-corrected chi connectivity index (χ0v) is 28.6. The lowest BCUT2D eigenvalue weighted by Gasteiger charge is -2.45. The third kappa shape index (κ3) is 12.3. The second-order valence-electron chi connectivity index (χ2n) is 14.6. The normalized spacial score (nSPS) is 23.9. The van der Waals surface area contributed by atoms with Gasteiger partial charge in [-0.15, -0.1) is 0 Å². The number of hydrogen-bond donors (Lipinski definition) is 3. The molecule has 1 aliphatic heterocycles. The number of aliphatic carboxylic acids is 1. The van der Waals surface area contributed by atoms with Gasteiger partial charge in [-0.05, 0) is 51.0 Å². The van der Waals surface area contributed by atoms with E-state index in [4.69, 9.17) is 9.47 Å². The Morgan fingerprint density at radius 3 is 2.24 bits per heavy atom. The highest BCUT2D eigenvalue weighted by molar-refractivity contribution is 5.83. The molecule has 5 unspecified atom stereocenters. The van der Waals surface area contributed by atoms with E-state index < -0.39 is 29.3 Å². The summed E-state index contributed by atoms with van der Waals surface area (Å²) >= 11 is 0. The first kappa shape index (κ1) is 37.0. The number of carboxylic acid groups (broad SMARTS) is 1. The van der Waals surface area contributed by atoms with Crippen LogP contribution in [0.4, 0.5) is 0 Å². The predicted octanol–water partition coefficient (Wildman–Crippen LogP) is 7.19. The minimum Gasteiger partial charge on any atom is -0.481 e. The number of rotatable bonds is 18. The van der Waals surface area contributed by atoms with E-state index in [1.165, 1.54) is 38.5 Å². The first-order chi connectivity index (χ1) is 21.4. The summed E-state index contributed by atoms with van der Waals surface area (Å²) in [6.07, 6.45) is 13.7. The molecule has 2 aliphatic rings. The number of ether oxygens (including phenoxy) is 2. The van der Waals surface area contributed by atoms with Crippen molar-refractivity contribution in [1.82, 2.24) is 10.6 Å². The monoisotopic (exact) mass is 628 g/mol. The Balaban J connectivity index is 1.69. The Morgan fingerprint density at radius 1 is 0.933 bits per heavy atom. The number of carbonyl (C=O) groups is 3. The maximum atomic E-state index is 13.9. The molecule has 5 atom stereocenters.